The summed E-state index contributed by atoms with van der Waals surface area (Å²) in [5.41, 5.74) is 7.99. The number of rotatable bonds is 1. The number of anilines is 2. The first-order valence-electron chi connectivity index (χ1n) is 3.84. The van der Waals surface area contributed by atoms with Crippen molar-refractivity contribution in [2.75, 3.05) is 11.1 Å². The SMILES string of the molecule is CC(=O)Nc1c(N)cc(C)cc1Br. The Kier molecular flexibility index (Phi) is 2.93. The Morgan fingerprint density at radius 2 is 2.15 bits per heavy atom. The van der Waals surface area contributed by atoms with E-state index in [4.69, 9.17) is 5.73 Å². The summed E-state index contributed by atoms with van der Waals surface area (Å²) in [7, 11) is 0. The quantitative estimate of drug-likeness (QED) is 0.743. The minimum Gasteiger partial charge on any atom is -0.397 e. The van der Waals surface area contributed by atoms with Crippen LogP contribution in [-0.4, -0.2) is 5.91 Å². The number of carbonyl (C=O) groups excluding carboxylic acids is 1. The predicted molar refractivity (Wildman–Crippen MR) is 57.6 cm³/mol. The molecule has 0 spiro atoms. The zero-order chi connectivity index (χ0) is 10.0. The third kappa shape index (κ3) is 2.45. The van der Waals surface area contributed by atoms with Crippen LogP contribution in [-0.2, 0) is 4.79 Å². The van der Waals surface area contributed by atoms with Gasteiger partial charge in [-0.15, -0.1) is 0 Å². The monoisotopic (exact) mass is 242 g/mol. The van der Waals surface area contributed by atoms with Gasteiger partial charge >= 0.3 is 0 Å². The molecule has 70 valence electrons. The third-order valence-electron chi connectivity index (χ3n) is 1.57. The van der Waals surface area contributed by atoms with Crippen LogP contribution >= 0.6 is 15.9 Å². The first-order valence-corrected chi connectivity index (χ1v) is 4.63. The summed E-state index contributed by atoms with van der Waals surface area (Å²) in [5.74, 6) is -0.128. The van der Waals surface area contributed by atoms with Gasteiger partial charge in [0, 0.05) is 11.4 Å². The number of nitrogen functional groups attached to an aromatic ring is 1. The van der Waals surface area contributed by atoms with E-state index in [0.29, 0.717) is 11.4 Å². The molecule has 0 unspecified atom stereocenters. The highest BCUT2D eigenvalue weighted by atomic mass is 79.9. The summed E-state index contributed by atoms with van der Waals surface area (Å²) in [6.07, 6.45) is 0. The summed E-state index contributed by atoms with van der Waals surface area (Å²) >= 11 is 3.33. The van der Waals surface area contributed by atoms with E-state index in [2.05, 4.69) is 21.2 Å². The van der Waals surface area contributed by atoms with E-state index >= 15 is 0 Å². The van der Waals surface area contributed by atoms with Gasteiger partial charge in [-0.3, -0.25) is 4.79 Å². The van der Waals surface area contributed by atoms with Crippen LogP contribution in [0.4, 0.5) is 11.4 Å². The first-order chi connectivity index (χ1) is 6.00. The molecule has 0 aliphatic carbocycles. The van der Waals surface area contributed by atoms with Crippen molar-refractivity contribution in [1.29, 1.82) is 0 Å². The molecule has 0 bridgehead atoms. The Morgan fingerprint density at radius 1 is 1.54 bits per heavy atom. The van der Waals surface area contributed by atoms with E-state index in [1.54, 1.807) is 0 Å². The number of aryl methyl sites for hydroxylation is 1. The van der Waals surface area contributed by atoms with E-state index in [-0.39, 0.29) is 5.91 Å². The van der Waals surface area contributed by atoms with E-state index in [1.165, 1.54) is 6.92 Å². The molecule has 3 N–H and O–H groups in total. The Bertz CT molecular complexity index is 326. The average Bonchev–Trinajstić information content (AvgIpc) is 1.96. The molecule has 0 aliphatic rings. The average molecular weight is 243 g/mol. The van der Waals surface area contributed by atoms with Gasteiger partial charge in [-0.05, 0) is 40.5 Å². The van der Waals surface area contributed by atoms with E-state index in [1.807, 2.05) is 19.1 Å². The lowest BCUT2D eigenvalue weighted by Gasteiger charge is -2.09. The van der Waals surface area contributed by atoms with Crippen molar-refractivity contribution < 1.29 is 4.79 Å². The van der Waals surface area contributed by atoms with Crippen LogP contribution in [0.5, 0.6) is 0 Å². The van der Waals surface area contributed by atoms with Crippen LogP contribution in [0, 0.1) is 6.92 Å². The van der Waals surface area contributed by atoms with Crippen LogP contribution in [0.3, 0.4) is 0 Å². The largest absolute Gasteiger partial charge is 0.397 e. The molecule has 0 saturated heterocycles. The topological polar surface area (TPSA) is 55.1 Å². The van der Waals surface area contributed by atoms with Crippen molar-refractivity contribution in [2.24, 2.45) is 0 Å². The lowest BCUT2D eigenvalue weighted by molar-refractivity contribution is -0.114. The lowest BCUT2D eigenvalue weighted by Crippen LogP contribution is -2.08. The van der Waals surface area contributed by atoms with Crippen molar-refractivity contribution >= 4 is 33.2 Å². The van der Waals surface area contributed by atoms with Gasteiger partial charge in [0.05, 0.1) is 11.4 Å². The minimum absolute atomic E-state index is 0.128. The highest BCUT2D eigenvalue weighted by molar-refractivity contribution is 9.10. The second kappa shape index (κ2) is 3.79. The van der Waals surface area contributed by atoms with Crippen LogP contribution in [0.25, 0.3) is 0 Å². The van der Waals surface area contributed by atoms with Crippen LogP contribution in [0.2, 0.25) is 0 Å². The van der Waals surface area contributed by atoms with E-state index in [9.17, 15) is 4.79 Å². The highest BCUT2D eigenvalue weighted by Gasteiger charge is 2.06. The molecule has 1 aromatic rings. The molecule has 0 atom stereocenters. The molecule has 1 amide bonds. The molecule has 0 radical (unpaired) electrons. The maximum absolute atomic E-state index is 10.8. The Hall–Kier alpha value is -1.03. The standard InChI is InChI=1S/C9H11BrN2O/c1-5-3-7(10)9(8(11)4-5)12-6(2)13/h3-4H,11H2,1-2H3,(H,12,13). The molecule has 1 aromatic carbocycles. The van der Waals surface area contributed by atoms with Gasteiger partial charge in [0.15, 0.2) is 0 Å². The second-order valence-electron chi connectivity index (χ2n) is 2.89. The number of carbonyl (C=O) groups is 1. The fourth-order valence-corrected chi connectivity index (χ4v) is 1.77. The van der Waals surface area contributed by atoms with Gasteiger partial charge < -0.3 is 11.1 Å². The highest BCUT2D eigenvalue weighted by Crippen LogP contribution is 2.29. The van der Waals surface area contributed by atoms with Crippen molar-refractivity contribution in [3.63, 3.8) is 0 Å². The molecule has 4 heteroatoms. The third-order valence-corrected chi connectivity index (χ3v) is 2.19. The van der Waals surface area contributed by atoms with Gasteiger partial charge in [-0.25, -0.2) is 0 Å². The summed E-state index contributed by atoms with van der Waals surface area (Å²) in [6.45, 7) is 3.39. The van der Waals surface area contributed by atoms with Crippen molar-refractivity contribution in [2.45, 2.75) is 13.8 Å². The van der Waals surface area contributed by atoms with Gasteiger partial charge in [0.25, 0.3) is 0 Å². The smallest absolute Gasteiger partial charge is 0.221 e. The zero-order valence-corrected chi connectivity index (χ0v) is 9.10. The number of halogens is 1. The van der Waals surface area contributed by atoms with Crippen molar-refractivity contribution in [3.05, 3.63) is 22.2 Å². The number of nitrogens with two attached hydrogens (primary N) is 1. The molecule has 0 saturated carbocycles. The first kappa shape index (κ1) is 10.1. The Labute approximate surface area is 85.4 Å². The number of benzene rings is 1. The van der Waals surface area contributed by atoms with Crippen molar-refractivity contribution in [3.8, 4) is 0 Å². The molecule has 13 heavy (non-hydrogen) atoms. The number of amides is 1. The molecule has 1 rings (SSSR count). The van der Waals surface area contributed by atoms with Gasteiger partial charge in [-0.2, -0.15) is 0 Å². The van der Waals surface area contributed by atoms with E-state index < -0.39 is 0 Å². The summed E-state index contributed by atoms with van der Waals surface area (Å²) in [4.78, 5) is 10.8. The Morgan fingerprint density at radius 3 is 2.62 bits per heavy atom. The predicted octanol–water partition coefficient (Wildman–Crippen LogP) is 2.30. The zero-order valence-electron chi connectivity index (χ0n) is 7.52. The summed E-state index contributed by atoms with van der Waals surface area (Å²) < 4.78 is 0.806. The molecule has 3 nitrogen and oxygen atoms in total. The normalized spacial score (nSPS) is 9.77. The van der Waals surface area contributed by atoms with E-state index in [0.717, 1.165) is 10.0 Å². The summed E-state index contributed by atoms with van der Waals surface area (Å²) in [6, 6.07) is 3.72. The molecule has 0 fully saturated rings. The fourth-order valence-electron chi connectivity index (χ4n) is 1.08. The van der Waals surface area contributed by atoms with Crippen LogP contribution in [0.1, 0.15) is 12.5 Å². The number of nitrogens with one attached hydrogen (secondary N) is 1. The summed E-state index contributed by atoms with van der Waals surface area (Å²) in [5, 5.41) is 2.66. The van der Waals surface area contributed by atoms with Crippen LogP contribution < -0.4 is 11.1 Å². The number of hydrogen-bond acceptors (Lipinski definition) is 2. The van der Waals surface area contributed by atoms with Crippen molar-refractivity contribution in [1.82, 2.24) is 0 Å². The Balaban J connectivity index is 3.13. The number of hydrogen-bond donors (Lipinski definition) is 2. The second-order valence-corrected chi connectivity index (χ2v) is 3.75. The maximum atomic E-state index is 10.8. The minimum atomic E-state index is -0.128. The molecule has 0 aromatic heterocycles. The van der Waals surface area contributed by atoms with Crippen LogP contribution in [0.15, 0.2) is 16.6 Å². The molecular formula is C9H11BrN2O. The molecule has 0 aliphatic heterocycles. The van der Waals surface area contributed by atoms with Gasteiger partial charge in [0.1, 0.15) is 0 Å². The lowest BCUT2D eigenvalue weighted by atomic mass is 10.2. The molecule has 0 heterocycles. The molecular weight excluding hydrogens is 232 g/mol. The van der Waals surface area contributed by atoms with Gasteiger partial charge in [0.2, 0.25) is 5.91 Å². The maximum Gasteiger partial charge on any atom is 0.221 e. The fraction of sp³-hybridized carbons (Fsp3) is 0.222. The van der Waals surface area contributed by atoms with Gasteiger partial charge in [-0.1, -0.05) is 0 Å².